The van der Waals surface area contributed by atoms with Crippen LogP contribution in [-0.2, 0) is 17.7 Å². The Labute approximate surface area is 187 Å². The number of hydrogen-bond acceptors (Lipinski definition) is 5. The molecule has 2 N–H and O–H groups in total. The average Bonchev–Trinajstić information content (AvgIpc) is 3.20. The van der Waals surface area contributed by atoms with Gasteiger partial charge in [-0.1, -0.05) is 19.1 Å². The molecule has 1 aromatic heterocycles. The Hall–Kier alpha value is -1.81. The standard InChI is InChI=1S/C20H27N3O3S.HI/c1-14(10-16-6-5-9-27-16)12-22-20(21-2)23-13-15-7-8-18(25-3)17(11-15)19(24)26-4;/h5-9,11,14H,10,12-13H2,1-4H3,(H2,21,22,23);1H. The number of halogens is 1. The Kier molecular flexibility index (Phi) is 10.9. The molecule has 0 aliphatic carbocycles. The fourth-order valence-corrected chi connectivity index (χ4v) is 3.53. The van der Waals surface area contributed by atoms with Gasteiger partial charge in [-0.05, 0) is 41.5 Å². The quantitative estimate of drug-likeness (QED) is 0.242. The molecule has 2 aromatic rings. The van der Waals surface area contributed by atoms with E-state index in [1.54, 1.807) is 30.5 Å². The first-order valence-corrected chi connectivity index (χ1v) is 9.67. The largest absolute Gasteiger partial charge is 0.496 e. The van der Waals surface area contributed by atoms with Crippen molar-refractivity contribution in [3.63, 3.8) is 0 Å². The van der Waals surface area contributed by atoms with Crippen LogP contribution in [0.5, 0.6) is 5.75 Å². The second-order valence-corrected chi connectivity index (χ2v) is 7.25. The molecule has 0 bridgehead atoms. The number of rotatable bonds is 8. The molecule has 1 atom stereocenters. The van der Waals surface area contributed by atoms with Crippen molar-refractivity contribution < 1.29 is 14.3 Å². The molecule has 2 rings (SSSR count). The van der Waals surface area contributed by atoms with Crippen molar-refractivity contribution in [2.75, 3.05) is 27.8 Å². The van der Waals surface area contributed by atoms with Gasteiger partial charge in [0.25, 0.3) is 0 Å². The van der Waals surface area contributed by atoms with Gasteiger partial charge in [0.1, 0.15) is 11.3 Å². The molecule has 0 saturated carbocycles. The summed E-state index contributed by atoms with van der Waals surface area (Å²) in [5.41, 5.74) is 1.35. The Morgan fingerprint density at radius 3 is 2.64 bits per heavy atom. The predicted molar refractivity (Wildman–Crippen MR) is 125 cm³/mol. The topological polar surface area (TPSA) is 72.0 Å². The van der Waals surface area contributed by atoms with E-state index in [0.717, 1.165) is 24.5 Å². The molecule has 0 amide bonds. The first kappa shape index (κ1) is 24.2. The van der Waals surface area contributed by atoms with Crippen LogP contribution in [0.15, 0.2) is 40.7 Å². The molecular formula is C20H28IN3O3S. The Morgan fingerprint density at radius 1 is 1.25 bits per heavy atom. The lowest BCUT2D eigenvalue weighted by molar-refractivity contribution is 0.0597. The smallest absolute Gasteiger partial charge is 0.341 e. The van der Waals surface area contributed by atoms with Crippen LogP contribution in [0, 0.1) is 5.92 Å². The molecule has 6 nitrogen and oxygen atoms in total. The van der Waals surface area contributed by atoms with Crippen molar-refractivity contribution in [1.29, 1.82) is 0 Å². The van der Waals surface area contributed by atoms with E-state index in [0.29, 0.717) is 23.8 Å². The number of thiophene rings is 1. The fourth-order valence-electron chi connectivity index (χ4n) is 2.66. The number of nitrogens with zero attached hydrogens (tertiary/aromatic N) is 1. The number of ether oxygens (including phenoxy) is 2. The summed E-state index contributed by atoms with van der Waals surface area (Å²) >= 11 is 1.79. The van der Waals surface area contributed by atoms with Gasteiger partial charge < -0.3 is 20.1 Å². The number of guanidine groups is 1. The maximum Gasteiger partial charge on any atom is 0.341 e. The van der Waals surface area contributed by atoms with Crippen molar-refractivity contribution in [2.45, 2.75) is 19.9 Å². The Balaban J connectivity index is 0.00000392. The molecule has 0 spiro atoms. The molecule has 0 aliphatic heterocycles. The molecule has 154 valence electrons. The molecule has 0 fully saturated rings. The lowest BCUT2D eigenvalue weighted by atomic mass is 10.1. The molecular weight excluding hydrogens is 489 g/mol. The van der Waals surface area contributed by atoms with Gasteiger partial charge in [0.15, 0.2) is 5.96 Å². The van der Waals surface area contributed by atoms with Crippen molar-refractivity contribution >= 4 is 47.2 Å². The minimum atomic E-state index is -0.418. The zero-order valence-corrected chi connectivity index (χ0v) is 19.8. The average molecular weight is 517 g/mol. The highest BCUT2D eigenvalue weighted by molar-refractivity contribution is 14.0. The van der Waals surface area contributed by atoms with E-state index >= 15 is 0 Å². The summed E-state index contributed by atoms with van der Waals surface area (Å²) in [5, 5.41) is 8.72. The van der Waals surface area contributed by atoms with Gasteiger partial charge in [-0.15, -0.1) is 35.3 Å². The van der Waals surface area contributed by atoms with E-state index in [1.165, 1.54) is 19.1 Å². The second kappa shape index (κ2) is 12.6. The van der Waals surface area contributed by atoms with Gasteiger partial charge in [0.2, 0.25) is 0 Å². The van der Waals surface area contributed by atoms with Crippen LogP contribution in [0.4, 0.5) is 0 Å². The summed E-state index contributed by atoms with van der Waals surface area (Å²) in [5.74, 6) is 1.30. The van der Waals surface area contributed by atoms with Crippen LogP contribution in [0.2, 0.25) is 0 Å². The third-order valence-corrected chi connectivity index (χ3v) is 5.00. The van der Waals surface area contributed by atoms with Crippen LogP contribution in [0.3, 0.4) is 0 Å². The highest BCUT2D eigenvalue weighted by Gasteiger charge is 2.13. The molecule has 0 saturated heterocycles. The Morgan fingerprint density at radius 2 is 2.04 bits per heavy atom. The monoisotopic (exact) mass is 517 g/mol. The highest BCUT2D eigenvalue weighted by atomic mass is 127. The maximum absolute atomic E-state index is 11.9. The summed E-state index contributed by atoms with van der Waals surface area (Å²) in [6.45, 7) is 3.58. The lowest BCUT2D eigenvalue weighted by Crippen LogP contribution is -2.39. The molecule has 1 unspecified atom stereocenters. The van der Waals surface area contributed by atoms with Crippen LogP contribution >= 0.6 is 35.3 Å². The number of methoxy groups -OCH3 is 2. The van der Waals surface area contributed by atoms with Crippen LogP contribution in [0.25, 0.3) is 0 Å². The molecule has 28 heavy (non-hydrogen) atoms. The van der Waals surface area contributed by atoms with Crippen LogP contribution < -0.4 is 15.4 Å². The molecule has 0 radical (unpaired) electrons. The molecule has 1 aromatic carbocycles. The maximum atomic E-state index is 11.9. The Bertz CT molecular complexity index is 766. The van der Waals surface area contributed by atoms with Crippen LogP contribution in [-0.4, -0.2) is 39.7 Å². The van der Waals surface area contributed by atoms with Crippen molar-refractivity contribution in [1.82, 2.24) is 10.6 Å². The van der Waals surface area contributed by atoms with E-state index in [2.05, 4.69) is 40.1 Å². The number of nitrogens with one attached hydrogen (secondary N) is 2. The minimum Gasteiger partial charge on any atom is -0.496 e. The van der Waals surface area contributed by atoms with Crippen LogP contribution in [0.1, 0.15) is 27.7 Å². The van der Waals surface area contributed by atoms with Crippen molar-refractivity contribution in [2.24, 2.45) is 10.9 Å². The molecule has 8 heteroatoms. The van der Waals surface area contributed by atoms with Gasteiger partial charge in [-0.25, -0.2) is 4.79 Å². The summed E-state index contributed by atoms with van der Waals surface area (Å²) in [6, 6.07) is 9.69. The van der Waals surface area contributed by atoms with E-state index < -0.39 is 5.97 Å². The van der Waals surface area contributed by atoms with E-state index in [9.17, 15) is 4.79 Å². The van der Waals surface area contributed by atoms with Gasteiger partial charge in [-0.2, -0.15) is 0 Å². The SMILES string of the molecule is CN=C(NCc1ccc(OC)c(C(=O)OC)c1)NCC(C)Cc1cccs1.I. The highest BCUT2D eigenvalue weighted by Crippen LogP contribution is 2.20. The van der Waals surface area contributed by atoms with E-state index in [1.807, 2.05) is 6.07 Å². The van der Waals surface area contributed by atoms with Crippen molar-refractivity contribution in [3.8, 4) is 5.75 Å². The van der Waals surface area contributed by atoms with Gasteiger partial charge in [0.05, 0.1) is 14.2 Å². The van der Waals surface area contributed by atoms with Crippen molar-refractivity contribution in [3.05, 3.63) is 51.7 Å². The number of esters is 1. The molecule has 1 heterocycles. The number of aliphatic imine (C=N–C) groups is 1. The van der Waals surface area contributed by atoms with Gasteiger partial charge >= 0.3 is 5.97 Å². The molecule has 0 aliphatic rings. The number of carbonyl (C=O) groups is 1. The first-order chi connectivity index (χ1) is 13.1. The summed E-state index contributed by atoms with van der Waals surface area (Å²) in [6.07, 6.45) is 1.04. The fraction of sp³-hybridized carbons (Fsp3) is 0.400. The van der Waals surface area contributed by atoms with Gasteiger partial charge in [0, 0.05) is 25.0 Å². The normalized spacial score (nSPS) is 11.9. The third-order valence-electron chi connectivity index (χ3n) is 4.10. The zero-order valence-electron chi connectivity index (χ0n) is 16.7. The van der Waals surface area contributed by atoms with E-state index in [4.69, 9.17) is 9.47 Å². The minimum absolute atomic E-state index is 0. The second-order valence-electron chi connectivity index (χ2n) is 6.22. The predicted octanol–water partition coefficient (Wildman–Crippen LogP) is 3.71. The van der Waals surface area contributed by atoms with Gasteiger partial charge in [-0.3, -0.25) is 4.99 Å². The first-order valence-electron chi connectivity index (χ1n) is 8.79. The summed E-state index contributed by atoms with van der Waals surface area (Å²) in [4.78, 5) is 17.5. The van der Waals surface area contributed by atoms with E-state index in [-0.39, 0.29) is 24.0 Å². The number of hydrogen-bond donors (Lipinski definition) is 2. The summed E-state index contributed by atoms with van der Waals surface area (Å²) < 4.78 is 10.0. The zero-order chi connectivity index (χ0) is 19.6. The third kappa shape index (κ3) is 7.31. The summed E-state index contributed by atoms with van der Waals surface area (Å²) in [7, 11) is 4.63. The number of benzene rings is 1. The lowest BCUT2D eigenvalue weighted by Gasteiger charge is -2.16. The number of carbonyl (C=O) groups excluding carboxylic acids is 1.